The minimum atomic E-state index is -0.106. The van der Waals surface area contributed by atoms with Crippen molar-refractivity contribution in [2.45, 2.75) is 19.3 Å². The van der Waals surface area contributed by atoms with Gasteiger partial charge in [-0.1, -0.05) is 32.0 Å². The molecule has 24 heavy (non-hydrogen) atoms. The van der Waals surface area contributed by atoms with Crippen molar-refractivity contribution in [3.05, 3.63) is 53.6 Å². The molecule has 0 aliphatic heterocycles. The van der Waals surface area contributed by atoms with Gasteiger partial charge in [0.25, 0.3) is 0 Å². The lowest BCUT2D eigenvalue weighted by molar-refractivity contribution is 0.412. The molecule has 3 aromatic rings. The maximum absolute atomic E-state index is 9.17. The van der Waals surface area contributed by atoms with Gasteiger partial charge in [0.15, 0.2) is 0 Å². The number of aromatic nitrogens is 2. The summed E-state index contributed by atoms with van der Waals surface area (Å²) in [5.74, 6) is 1.52. The van der Waals surface area contributed by atoms with Crippen molar-refractivity contribution in [1.82, 2.24) is 9.97 Å². The van der Waals surface area contributed by atoms with Crippen molar-refractivity contribution >= 4 is 17.0 Å². The number of nitriles is 1. The summed E-state index contributed by atoms with van der Waals surface area (Å²) in [6.45, 7) is 5.03. The Labute approximate surface area is 141 Å². The van der Waals surface area contributed by atoms with Crippen LogP contribution in [0.4, 0.5) is 5.95 Å². The molecule has 2 aromatic carbocycles. The Morgan fingerprint density at radius 3 is 2.79 bits per heavy atom. The third kappa shape index (κ3) is 3.04. The lowest BCUT2D eigenvalue weighted by atomic mass is 9.84. The maximum atomic E-state index is 9.17. The standard InChI is InChI=1S/C19H20N4O/c1-19(2,14-7-5-8-15(10-14)24-3)12-21-18-22-16-9-4-6-13(11-20)17(16)23-18/h4-10H,12H2,1-3H3,(H2,21,22,23). The fourth-order valence-corrected chi connectivity index (χ4v) is 2.66. The number of aromatic amines is 1. The molecule has 0 saturated carbocycles. The van der Waals surface area contributed by atoms with Crippen LogP contribution in [0.3, 0.4) is 0 Å². The van der Waals surface area contributed by atoms with Crippen molar-refractivity contribution in [2.24, 2.45) is 0 Å². The lowest BCUT2D eigenvalue weighted by Crippen LogP contribution is -2.28. The predicted octanol–water partition coefficient (Wildman–Crippen LogP) is 3.83. The summed E-state index contributed by atoms with van der Waals surface area (Å²) in [4.78, 5) is 7.72. The van der Waals surface area contributed by atoms with E-state index in [2.05, 4.69) is 41.3 Å². The van der Waals surface area contributed by atoms with Gasteiger partial charge in [0.1, 0.15) is 17.3 Å². The second-order valence-electron chi connectivity index (χ2n) is 6.37. The summed E-state index contributed by atoms with van der Waals surface area (Å²) in [5.41, 5.74) is 3.20. The minimum absolute atomic E-state index is 0.106. The molecule has 0 unspecified atom stereocenters. The van der Waals surface area contributed by atoms with Crippen LogP contribution in [0.1, 0.15) is 25.0 Å². The molecular weight excluding hydrogens is 300 g/mol. The number of para-hydroxylation sites is 1. The zero-order chi connectivity index (χ0) is 17.2. The summed E-state index contributed by atoms with van der Waals surface area (Å²) in [7, 11) is 1.67. The Kier molecular flexibility index (Phi) is 4.13. The molecule has 0 radical (unpaired) electrons. The van der Waals surface area contributed by atoms with Gasteiger partial charge in [-0.2, -0.15) is 5.26 Å². The highest BCUT2D eigenvalue weighted by molar-refractivity contribution is 5.83. The van der Waals surface area contributed by atoms with Crippen LogP contribution in [-0.4, -0.2) is 23.6 Å². The molecule has 1 heterocycles. The predicted molar refractivity (Wildman–Crippen MR) is 95.3 cm³/mol. The second-order valence-corrected chi connectivity index (χ2v) is 6.37. The molecule has 5 heteroatoms. The number of fused-ring (bicyclic) bond motifs is 1. The molecule has 0 fully saturated rings. The number of methoxy groups -OCH3 is 1. The van der Waals surface area contributed by atoms with E-state index in [4.69, 9.17) is 10.00 Å². The molecule has 0 saturated heterocycles. The molecule has 0 bridgehead atoms. The van der Waals surface area contributed by atoms with E-state index in [-0.39, 0.29) is 5.41 Å². The Bertz CT molecular complexity index is 905. The number of benzene rings is 2. The zero-order valence-corrected chi connectivity index (χ0v) is 14.1. The van der Waals surface area contributed by atoms with Gasteiger partial charge in [0, 0.05) is 12.0 Å². The average molecular weight is 320 g/mol. The van der Waals surface area contributed by atoms with Crippen LogP contribution in [0.2, 0.25) is 0 Å². The van der Waals surface area contributed by atoms with E-state index in [0.717, 1.165) is 11.3 Å². The lowest BCUT2D eigenvalue weighted by Gasteiger charge is -2.26. The Morgan fingerprint density at radius 1 is 1.25 bits per heavy atom. The summed E-state index contributed by atoms with van der Waals surface area (Å²) >= 11 is 0. The maximum Gasteiger partial charge on any atom is 0.201 e. The van der Waals surface area contributed by atoms with Crippen LogP contribution in [0.15, 0.2) is 42.5 Å². The van der Waals surface area contributed by atoms with E-state index in [9.17, 15) is 0 Å². The molecule has 1 aromatic heterocycles. The molecule has 5 nitrogen and oxygen atoms in total. The number of hydrogen-bond acceptors (Lipinski definition) is 4. The average Bonchev–Trinajstić information content (AvgIpc) is 3.03. The zero-order valence-electron chi connectivity index (χ0n) is 14.1. The van der Waals surface area contributed by atoms with E-state index < -0.39 is 0 Å². The third-order valence-corrected chi connectivity index (χ3v) is 4.18. The highest BCUT2D eigenvalue weighted by atomic mass is 16.5. The summed E-state index contributed by atoms with van der Waals surface area (Å²) in [5, 5.41) is 12.5. The molecule has 0 amide bonds. The van der Waals surface area contributed by atoms with E-state index in [1.807, 2.05) is 30.3 Å². The Morgan fingerprint density at radius 2 is 2.04 bits per heavy atom. The quantitative estimate of drug-likeness (QED) is 0.749. The second kappa shape index (κ2) is 6.25. The number of hydrogen-bond donors (Lipinski definition) is 2. The number of nitrogens with one attached hydrogen (secondary N) is 2. The minimum Gasteiger partial charge on any atom is -0.497 e. The number of ether oxygens (including phenoxy) is 1. The van der Waals surface area contributed by atoms with E-state index >= 15 is 0 Å². The van der Waals surface area contributed by atoms with Crippen molar-refractivity contribution in [2.75, 3.05) is 19.0 Å². The van der Waals surface area contributed by atoms with Crippen molar-refractivity contribution in [1.29, 1.82) is 5.26 Å². The first-order chi connectivity index (χ1) is 11.5. The summed E-state index contributed by atoms with van der Waals surface area (Å²) in [6.07, 6.45) is 0. The van der Waals surface area contributed by atoms with E-state index in [1.165, 1.54) is 5.56 Å². The SMILES string of the molecule is COc1cccc(C(C)(C)CNc2nc3c(C#N)cccc3[nH]2)c1. The van der Waals surface area contributed by atoms with Gasteiger partial charge in [0.05, 0.1) is 18.2 Å². The topological polar surface area (TPSA) is 73.7 Å². The Balaban J connectivity index is 1.80. The van der Waals surface area contributed by atoms with Crippen molar-refractivity contribution < 1.29 is 4.74 Å². The van der Waals surface area contributed by atoms with Crippen LogP contribution in [0.25, 0.3) is 11.0 Å². The van der Waals surface area contributed by atoms with Crippen LogP contribution in [-0.2, 0) is 5.41 Å². The first kappa shape index (κ1) is 15.9. The van der Waals surface area contributed by atoms with E-state index in [0.29, 0.717) is 23.6 Å². The largest absolute Gasteiger partial charge is 0.497 e. The van der Waals surface area contributed by atoms with Gasteiger partial charge in [-0.05, 0) is 29.8 Å². The van der Waals surface area contributed by atoms with Gasteiger partial charge in [-0.25, -0.2) is 4.98 Å². The number of anilines is 1. The fourth-order valence-electron chi connectivity index (χ4n) is 2.66. The highest BCUT2D eigenvalue weighted by Crippen LogP contribution is 2.27. The molecule has 0 atom stereocenters. The number of rotatable bonds is 5. The highest BCUT2D eigenvalue weighted by Gasteiger charge is 2.21. The first-order valence-electron chi connectivity index (χ1n) is 7.81. The molecular formula is C19H20N4O. The van der Waals surface area contributed by atoms with Crippen molar-refractivity contribution in [3.8, 4) is 11.8 Å². The van der Waals surface area contributed by atoms with E-state index in [1.54, 1.807) is 13.2 Å². The van der Waals surface area contributed by atoms with Gasteiger partial charge < -0.3 is 15.0 Å². The monoisotopic (exact) mass is 320 g/mol. The van der Waals surface area contributed by atoms with Gasteiger partial charge >= 0.3 is 0 Å². The summed E-state index contributed by atoms with van der Waals surface area (Å²) in [6, 6.07) is 15.8. The van der Waals surface area contributed by atoms with Crippen molar-refractivity contribution in [3.63, 3.8) is 0 Å². The van der Waals surface area contributed by atoms with Crippen LogP contribution in [0.5, 0.6) is 5.75 Å². The first-order valence-corrected chi connectivity index (χ1v) is 7.81. The molecule has 0 aliphatic carbocycles. The van der Waals surface area contributed by atoms with Crippen LogP contribution < -0.4 is 10.1 Å². The smallest absolute Gasteiger partial charge is 0.201 e. The number of nitrogens with zero attached hydrogens (tertiary/aromatic N) is 2. The van der Waals surface area contributed by atoms with Crippen LogP contribution in [0, 0.1) is 11.3 Å². The molecule has 0 spiro atoms. The Hall–Kier alpha value is -3.00. The fraction of sp³-hybridized carbons (Fsp3) is 0.263. The molecule has 3 rings (SSSR count). The number of imidazole rings is 1. The van der Waals surface area contributed by atoms with Crippen LogP contribution >= 0.6 is 0 Å². The molecule has 0 aliphatic rings. The number of H-pyrrole nitrogens is 1. The summed E-state index contributed by atoms with van der Waals surface area (Å²) < 4.78 is 5.31. The van der Waals surface area contributed by atoms with Gasteiger partial charge in [0.2, 0.25) is 5.95 Å². The third-order valence-electron chi connectivity index (χ3n) is 4.18. The molecule has 122 valence electrons. The van der Waals surface area contributed by atoms with Gasteiger partial charge in [-0.3, -0.25) is 0 Å². The van der Waals surface area contributed by atoms with Gasteiger partial charge in [-0.15, -0.1) is 0 Å². The molecule has 2 N–H and O–H groups in total. The normalized spacial score (nSPS) is 11.2.